The van der Waals surface area contributed by atoms with E-state index in [0.717, 1.165) is 16.2 Å². The van der Waals surface area contributed by atoms with Crippen molar-refractivity contribution in [3.63, 3.8) is 0 Å². The summed E-state index contributed by atoms with van der Waals surface area (Å²) in [6.07, 6.45) is -0.139. The number of anilines is 1. The average molecular weight is 480 g/mol. The van der Waals surface area contributed by atoms with Crippen molar-refractivity contribution in [2.45, 2.75) is 13.0 Å². The van der Waals surface area contributed by atoms with Crippen LogP contribution < -0.4 is 9.64 Å². The molecule has 158 valence electrons. The summed E-state index contributed by atoms with van der Waals surface area (Å²) in [7, 11) is 0. The van der Waals surface area contributed by atoms with Gasteiger partial charge in [0, 0.05) is 16.7 Å². The number of thiophene rings is 1. The van der Waals surface area contributed by atoms with Gasteiger partial charge in [-0.05, 0) is 41.3 Å². The number of amides is 2. The minimum absolute atomic E-state index is 0.0273. The van der Waals surface area contributed by atoms with Crippen LogP contribution in [0.15, 0.2) is 41.8 Å². The first kappa shape index (κ1) is 21.3. The molecule has 0 saturated carbocycles. The fourth-order valence-electron chi connectivity index (χ4n) is 3.20. The lowest BCUT2D eigenvalue weighted by Crippen LogP contribution is -2.42. The second kappa shape index (κ2) is 8.30. The van der Waals surface area contributed by atoms with Gasteiger partial charge < -0.3 is 9.84 Å². The molecule has 10 heteroatoms. The SMILES string of the molecule is O=C(O)c1scc2c1C(=O)N(c1cc(OCc3cc(Cl)ccc3F)ccc1Cl)C(=O)C2. The number of benzene rings is 2. The fraction of sp³-hybridized carbons (Fsp3) is 0.0952. The van der Waals surface area contributed by atoms with Gasteiger partial charge in [-0.25, -0.2) is 14.1 Å². The van der Waals surface area contributed by atoms with Crippen LogP contribution in [0.1, 0.15) is 31.2 Å². The Morgan fingerprint density at radius 3 is 2.71 bits per heavy atom. The highest BCUT2D eigenvalue weighted by Gasteiger charge is 2.37. The molecule has 31 heavy (non-hydrogen) atoms. The zero-order valence-electron chi connectivity index (χ0n) is 15.5. The van der Waals surface area contributed by atoms with E-state index in [9.17, 15) is 23.9 Å². The summed E-state index contributed by atoms with van der Waals surface area (Å²) in [6.45, 7) is -0.146. The van der Waals surface area contributed by atoms with Crippen LogP contribution in [-0.4, -0.2) is 22.9 Å². The molecule has 0 bridgehead atoms. The summed E-state index contributed by atoms with van der Waals surface area (Å²) in [6, 6.07) is 8.37. The van der Waals surface area contributed by atoms with Gasteiger partial charge in [0.05, 0.1) is 22.7 Å². The van der Waals surface area contributed by atoms with Gasteiger partial charge in [-0.3, -0.25) is 9.59 Å². The quantitative estimate of drug-likeness (QED) is 0.508. The number of carboxylic acid groups (broad SMARTS) is 1. The van der Waals surface area contributed by atoms with E-state index in [1.54, 1.807) is 0 Å². The minimum atomic E-state index is -1.25. The number of carbonyl (C=O) groups is 3. The second-order valence-electron chi connectivity index (χ2n) is 6.62. The van der Waals surface area contributed by atoms with E-state index in [4.69, 9.17) is 27.9 Å². The number of carboxylic acids is 1. The third kappa shape index (κ3) is 4.01. The Kier molecular flexibility index (Phi) is 5.70. The Morgan fingerprint density at radius 2 is 1.97 bits per heavy atom. The number of ether oxygens (including phenoxy) is 1. The van der Waals surface area contributed by atoms with E-state index in [1.807, 2.05) is 0 Å². The number of halogens is 3. The van der Waals surface area contributed by atoms with Gasteiger partial charge in [-0.15, -0.1) is 11.3 Å². The van der Waals surface area contributed by atoms with Crippen molar-refractivity contribution in [2.24, 2.45) is 0 Å². The second-order valence-corrected chi connectivity index (χ2v) is 8.34. The number of hydrogen-bond acceptors (Lipinski definition) is 5. The van der Waals surface area contributed by atoms with Gasteiger partial charge >= 0.3 is 5.97 Å². The number of rotatable bonds is 5. The maximum atomic E-state index is 13.9. The molecule has 2 heterocycles. The summed E-state index contributed by atoms with van der Waals surface area (Å²) >= 11 is 13.0. The lowest BCUT2D eigenvalue weighted by atomic mass is 10.0. The zero-order chi connectivity index (χ0) is 22.3. The zero-order valence-corrected chi connectivity index (χ0v) is 17.9. The van der Waals surface area contributed by atoms with E-state index in [0.29, 0.717) is 10.6 Å². The van der Waals surface area contributed by atoms with E-state index in [1.165, 1.54) is 41.8 Å². The molecule has 1 aliphatic heterocycles. The molecule has 1 aliphatic rings. The van der Waals surface area contributed by atoms with Gasteiger partial charge in [0.25, 0.3) is 5.91 Å². The molecule has 0 aliphatic carbocycles. The Bertz CT molecular complexity index is 1240. The highest BCUT2D eigenvalue weighted by molar-refractivity contribution is 7.12. The normalized spacial score (nSPS) is 13.3. The highest BCUT2D eigenvalue weighted by atomic mass is 35.5. The Balaban J connectivity index is 1.66. The maximum Gasteiger partial charge on any atom is 0.346 e. The molecule has 0 fully saturated rings. The van der Waals surface area contributed by atoms with Gasteiger partial charge in [-0.2, -0.15) is 0 Å². The van der Waals surface area contributed by atoms with Crippen LogP contribution >= 0.6 is 34.5 Å². The first-order chi connectivity index (χ1) is 14.8. The van der Waals surface area contributed by atoms with Crippen LogP contribution in [0.2, 0.25) is 10.0 Å². The van der Waals surface area contributed by atoms with Crippen LogP contribution in [0.25, 0.3) is 0 Å². The van der Waals surface area contributed by atoms with Crippen LogP contribution in [0.4, 0.5) is 10.1 Å². The topological polar surface area (TPSA) is 83.9 Å². The van der Waals surface area contributed by atoms with Crippen molar-refractivity contribution < 1.29 is 28.6 Å². The van der Waals surface area contributed by atoms with Crippen LogP contribution in [0, 0.1) is 5.82 Å². The Hall–Kier alpha value is -2.94. The van der Waals surface area contributed by atoms with Gasteiger partial charge in [0.15, 0.2) is 0 Å². The summed E-state index contributed by atoms with van der Waals surface area (Å²) in [5, 5.41) is 11.3. The van der Waals surface area contributed by atoms with Gasteiger partial charge in [-0.1, -0.05) is 23.2 Å². The van der Waals surface area contributed by atoms with E-state index in [2.05, 4.69) is 0 Å². The lowest BCUT2D eigenvalue weighted by Gasteiger charge is -2.26. The summed E-state index contributed by atoms with van der Waals surface area (Å²) < 4.78 is 19.5. The van der Waals surface area contributed by atoms with E-state index < -0.39 is 23.6 Å². The van der Waals surface area contributed by atoms with Crippen molar-refractivity contribution in [1.82, 2.24) is 0 Å². The van der Waals surface area contributed by atoms with E-state index in [-0.39, 0.29) is 45.5 Å². The standard InChI is InChI=1S/C21H12Cl2FNO5S/c22-12-1-4-15(24)10(5-12)8-30-13-2-3-14(23)16(7-13)25-17(26)6-11-9-31-19(21(28)29)18(11)20(25)27/h1-5,7,9H,6,8H2,(H,28,29). The predicted molar refractivity (Wildman–Crippen MR) is 114 cm³/mol. The molecule has 0 atom stereocenters. The van der Waals surface area contributed by atoms with Crippen molar-refractivity contribution in [1.29, 1.82) is 0 Å². The van der Waals surface area contributed by atoms with Crippen molar-refractivity contribution in [3.8, 4) is 5.75 Å². The van der Waals surface area contributed by atoms with Gasteiger partial charge in [0.2, 0.25) is 5.91 Å². The maximum absolute atomic E-state index is 13.9. The number of fused-ring (bicyclic) bond motifs is 1. The van der Waals surface area contributed by atoms with Crippen molar-refractivity contribution in [3.05, 3.63) is 79.2 Å². The summed E-state index contributed by atoms with van der Waals surface area (Å²) in [4.78, 5) is 37.9. The largest absolute Gasteiger partial charge is 0.489 e. The van der Waals surface area contributed by atoms with Crippen molar-refractivity contribution in [2.75, 3.05) is 4.90 Å². The third-order valence-electron chi connectivity index (χ3n) is 4.63. The third-order valence-corrected chi connectivity index (χ3v) is 6.20. The lowest BCUT2D eigenvalue weighted by molar-refractivity contribution is -0.117. The smallest absolute Gasteiger partial charge is 0.346 e. The fourth-order valence-corrected chi connectivity index (χ4v) is 4.49. The highest BCUT2D eigenvalue weighted by Crippen LogP contribution is 2.36. The van der Waals surface area contributed by atoms with Crippen LogP contribution in [0.5, 0.6) is 5.75 Å². The number of hydrogen-bond donors (Lipinski definition) is 1. The number of carbonyl (C=O) groups excluding carboxylic acids is 2. The van der Waals surface area contributed by atoms with Crippen LogP contribution in [-0.2, 0) is 17.8 Å². The molecule has 6 nitrogen and oxygen atoms in total. The number of nitrogens with zero attached hydrogens (tertiary/aromatic N) is 1. The molecule has 2 aromatic carbocycles. The Morgan fingerprint density at radius 1 is 1.19 bits per heavy atom. The molecular formula is C21H12Cl2FNO5S. The first-order valence-corrected chi connectivity index (χ1v) is 10.5. The first-order valence-electron chi connectivity index (χ1n) is 8.83. The molecule has 3 aromatic rings. The minimum Gasteiger partial charge on any atom is -0.489 e. The number of aromatic carboxylic acids is 1. The van der Waals surface area contributed by atoms with E-state index >= 15 is 0 Å². The summed E-state index contributed by atoms with van der Waals surface area (Å²) in [5.74, 6) is -2.84. The molecule has 0 unspecified atom stereocenters. The van der Waals surface area contributed by atoms with Crippen LogP contribution in [0.3, 0.4) is 0 Å². The number of imide groups is 1. The van der Waals surface area contributed by atoms with Gasteiger partial charge in [0.1, 0.15) is 23.1 Å². The molecule has 0 spiro atoms. The molecular weight excluding hydrogens is 468 g/mol. The molecule has 0 saturated heterocycles. The van der Waals surface area contributed by atoms with Crippen molar-refractivity contribution >= 4 is 58.0 Å². The molecule has 1 aromatic heterocycles. The molecule has 1 N–H and O–H groups in total. The predicted octanol–water partition coefficient (Wildman–Crippen LogP) is 5.20. The monoisotopic (exact) mass is 479 g/mol. The molecule has 4 rings (SSSR count). The Labute approximate surface area is 189 Å². The molecule has 0 radical (unpaired) electrons. The molecule has 2 amide bonds. The average Bonchev–Trinajstić information content (AvgIpc) is 3.15. The summed E-state index contributed by atoms with van der Waals surface area (Å²) in [5.41, 5.74) is 0.617.